The number of rotatable bonds is 11. The molecule has 0 spiro atoms. The lowest BCUT2D eigenvalue weighted by Gasteiger charge is -2.40. The summed E-state index contributed by atoms with van der Waals surface area (Å²) in [7, 11) is 0. The van der Waals surface area contributed by atoms with E-state index in [9.17, 15) is 14.7 Å². The number of fused-ring (bicyclic) bond motifs is 1. The van der Waals surface area contributed by atoms with E-state index in [0.29, 0.717) is 24.9 Å². The third-order valence-electron chi connectivity index (χ3n) is 7.03. The van der Waals surface area contributed by atoms with Gasteiger partial charge in [0.25, 0.3) is 0 Å². The highest BCUT2D eigenvalue weighted by Gasteiger charge is 2.38. The predicted molar refractivity (Wildman–Crippen MR) is 143 cm³/mol. The van der Waals surface area contributed by atoms with E-state index in [4.69, 9.17) is 9.47 Å². The van der Waals surface area contributed by atoms with E-state index in [1.165, 1.54) is 4.90 Å². The van der Waals surface area contributed by atoms with Gasteiger partial charge < -0.3 is 19.5 Å². The number of ketones is 1. The molecule has 37 heavy (non-hydrogen) atoms. The number of carbonyl (C=O) groups excluding carboxylic acids is 1. The number of amides is 1. The molecule has 7 nitrogen and oxygen atoms in total. The van der Waals surface area contributed by atoms with Crippen molar-refractivity contribution in [1.29, 1.82) is 0 Å². The Labute approximate surface area is 220 Å². The quantitative estimate of drug-likeness (QED) is 0.376. The molecule has 1 fully saturated rings. The molecule has 1 aromatic carbocycles. The number of carboxylic acid groups (broad SMARTS) is 1. The number of nitrogens with zero attached hydrogens (tertiary/aromatic N) is 2. The molecule has 7 heteroatoms. The minimum Gasteiger partial charge on any atom is -0.491 e. The highest BCUT2D eigenvalue weighted by molar-refractivity contribution is 5.91. The molecule has 1 aromatic rings. The van der Waals surface area contributed by atoms with Gasteiger partial charge in [0.15, 0.2) is 5.78 Å². The molecule has 2 aliphatic carbocycles. The summed E-state index contributed by atoms with van der Waals surface area (Å²) in [4.78, 5) is 29.0. The van der Waals surface area contributed by atoms with E-state index in [-0.39, 0.29) is 18.7 Å². The fourth-order valence-electron chi connectivity index (χ4n) is 4.65. The lowest BCUT2D eigenvalue weighted by atomic mass is 9.87. The lowest BCUT2D eigenvalue weighted by molar-refractivity contribution is -0.128. The Kier molecular flexibility index (Phi) is 8.42. The van der Waals surface area contributed by atoms with E-state index in [0.717, 1.165) is 54.6 Å². The monoisotopic (exact) mass is 508 g/mol. The van der Waals surface area contributed by atoms with Crippen LogP contribution in [0.3, 0.4) is 0 Å². The van der Waals surface area contributed by atoms with Gasteiger partial charge in [-0.15, -0.1) is 0 Å². The zero-order chi connectivity index (χ0) is 26.6. The lowest BCUT2D eigenvalue weighted by Crippen LogP contribution is -2.48. The number of hydrogen-bond donors (Lipinski definition) is 1. The van der Waals surface area contributed by atoms with Gasteiger partial charge >= 0.3 is 6.09 Å². The van der Waals surface area contributed by atoms with Crippen molar-refractivity contribution in [2.24, 2.45) is 5.92 Å². The van der Waals surface area contributed by atoms with Gasteiger partial charge in [0.2, 0.25) is 0 Å². The second-order valence-electron chi connectivity index (χ2n) is 11.2. The molecule has 1 unspecified atom stereocenters. The van der Waals surface area contributed by atoms with E-state index < -0.39 is 17.7 Å². The van der Waals surface area contributed by atoms with Crippen molar-refractivity contribution >= 4 is 11.9 Å². The minimum absolute atomic E-state index is 0.0236. The number of allylic oxidation sites excluding steroid dienone is 1. The first-order valence-electron chi connectivity index (χ1n) is 13.4. The summed E-state index contributed by atoms with van der Waals surface area (Å²) in [5, 5.41) is 10.1. The van der Waals surface area contributed by atoms with Crippen LogP contribution in [0.5, 0.6) is 0 Å². The van der Waals surface area contributed by atoms with E-state index >= 15 is 0 Å². The van der Waals surface area contributed by atoms with Gasteiger partial charge in [-0.1, -0.05) is 43.7 Å². The summed E-state index contributed by atoms with van der Waals surface area (Å²) in [6.45, 7) is 9.70. The topological polar surface area (TPSA) is 79.3 Å². The highest BCUT2D eigenvalue weighted by Crippen LogP contribution is 2.40. The summed E-state index contributed by atoms with van der Waals surface area (Å²) in [5.41, 5.74) is 3.03. The van der Waals surface area contributed by atoms with Gasteiger partial charge in [-0.25, -0.2) is 4.79 Å². The van der Waals surface area contributed by atoms with Gasteiger partial charge in [0, 0.05) is 30.3 Å². The summed E-state index contributed by atoms with van der Waals surface area (Å²) in [6.07, 6.45) is 6.75. The first kappa shape index (κ1) is 27.0. The Morgan fingerprint density at radius 1 is 1.19 bits per heavy atom. The van der Waals surface area contributed by atoms with Crippen LogP contribution < -0.4 is 0 Å². The van der Waals surface area contributed by atoms with Crippen molar-refractivity contribution < 1.29 is 24.2 Å². The summed E-state index contributed by atoms with van der Waals surface area (Å²) in [5.74, 6) is 1.28. The van der Waals surface area contributed by atoms with Crippen LogP contribution in [0.15, 0.2) is 65.2 Å². The molecule has 4 rings (SSSR count). The molecule has 1 aliphatic heterocycles. The maximum absolute atomic E-state index is 13.1. The Balaban J connectivity index is 1.71. The average molecular weight is 509 g/mol. The predicted octanol–water partition coefficient (Wildman–Crippen LogP) is 5.89. The van der Waals surface area contributed by atoms with Crippen molar-refractivity contribution in [3.8, 4) is 0 Å². The fourth-order valence-corrected chi connectivity index (χ4v) is 4.65. The Morgan fingerprint density at radius 2 is 1.92 bits per heavy atom. The van der Waals surface area contributed by atoms with Crippen LogP contribution in [-0.4, -0.2) is 58.1 Å². The van der Waals surface area contributed by atoms with Crippen molar-refractivity contribution in [3.63, 3.8) is 0 Å². The SMILES string of the molecule is CCCCOC1=C(CN(C(=O)O)C(C)(C)C)N(CC2CC2)C=C2CC(=O)C(OCc3ccccc3)C=C21. The number of carbonyl (C=O) groups is 2. The van der Waals surface area contributed by atoms with Crippen molar-refractivity contribution in [2.45, 2.75) is 78.0 Å². The average Bonchev–Trinajstić information content (AvgIpc) is 3.66. The molecular weight excluding hydrogens is 468 g/mol. The molecule has 1 atom stereocenters. The van der Waals surface area contributed by atoms with Crippen molar-refractivity contribution in [2.75, 3.05) is 19.7 Å². The molecule has 0 saturated heterocycles. The van der Waals surface area contributed by atoms with Gasteiger partial charge in [0.05, 0.1) is 25.5 Å². The van der Waals surface area contributed by atoms with E-state index in [2.05, 4.69) is 11.8 Å². The van der Waals surface area contributed by atoms with Gasteiger partial charge in [0.1, 0.15) is 11.9 Å². The van der Waals surface area contributed by atoms with Crippen LogP contribution in [0.25, 0.3) is 0 Å². The number of ether oxygens (including phenoxy) is 2. The third-order valence-corrected chi connectivity index (χ3v) is 7.03. The van der Waals surface area contributed by atoms with E-state index in [1.54, 1.807) is 0 Å². The van der Waals surface area contributed by atoms with Crippen LogP contribution in [0.4, 0.5) is 4.79 Å². The maximum Gasteiger partial charge on any atom is 0.408 e. The third kappa shape index (κ3) is 6.83. The largest absolute Gasteiger partial charge is 0.491 e. The zero-order valence-corrected chi connectivity index (χ0v) is 22.5. The number of Topliss-reactive ketones (excluding diaryl/α,β-unsaturated/α-hetero) is 1. The summed E-state index contributed by atoms with van der Waals surface area (Å²) < 4.78 is 12.5. The second-order valence-corrected chi connectivity index (χ2v) is 11.2. The van der Waals surface area contributed by atoms with Crippen LogP contribution >= 0.6 is 0 Å². The summed E-state index contributed by atoms with van der Waals surface area (Å²) >= 11 is 0. The maximum atomic E-state index is 13.1. The Bertz CT molecular complexity index is 1080. The second kappa shape index (κ2) is 11.5. The number of hydrogen-bond acceptors (Lipinski definition) is 5. The number of unbranched alkanes of at least 4 members (excludes halogenated alkanes) is 1. The minimum atomic E-state index is -0.967. The first-order chi connectivity index (χ1) is 17.7. The van der Waals surface area contributed by atoms with Gasteiger partial charge in [-0.3, -0.25) is 9.69 Å². The van der Waals surface area contributed by atoms with Crippen LogP contribution in [-0.2, 0) is 20.9 Å². The van der Waals surface area contributed by atoms with Crippen LogP contribution in [0, 0.1) is 5.92 Å². The smallest absolute Gasteiger partial charge is 0.408 e. The Hall–Kier alpha value is -3.06. The van der Waals surface area contributed by atoms with Gasteiger partial charge in [-0.05, 0) is 63.2 Å². The molecule has 0 radical (unpaired) electrons. The normalized spacial score (nSPS) is 19.8. The zero-order valence-electron chi connectivity index (χ0n) is 22.5. The molecule has 1 amide bonds. The van der Waals surface area contributed by atoms with E-state index in [1.807, 2.05) is 63.4 Å². The highest BCUT2D eigenvalue weighted by atomic mass is 16.5. The van der Waals surface area contributed by atoms with Crippen molar-refractivity contribution in [3.05, 3.63) is 70.8 Å². The number of benzene rings is 1. The molecular formula is C30H40N2O5. The molecule has 3 aliphatic rings. The molecule has 1 heterocycles. The van der Waals surface area contributed by atoms with Crippen molar-refractivity contribution in [1.82, 2.24) is 9.80 Å². The van der Waals surface area contributed by atoms with Crippen LogP contribution in [0.1, 0.15) is 65.4 Å². The molecule has 0 aromatic heterocycles. The molecule has 200 valence electrons. The van der Waals surface area contributed by atoms with Crippen LogP contribution in [0.2, 0.25) is 0 Å². The summed E-state index contributed by atoms with van der Waals surface area (Å²) in [6, 6.07) is 9.82. The molecule has 0 bridgehead atoms. The standard InChI is InChI=1S/C30H40N2O5/c1-5-6-14-36-28-24-16-27(37-20-22-10-8-7-9-11-22)26(33)15-23(24)18-31(17-21-12-13-21)25(28)19-32(29(34)35)30(2,3)4/h7-11,16,18,21,27H,5-6,12-15,17,19-20H2,1-4H3,(H,34,35). The first-order valence-corrected chi connectivity index (χ1v) is 13.4. The fraction of sp³-hybridized carbons (Fsp3) is 0.533. The molecule has 1 saturated carbocycles. The van der Waals surface area contributed by atoms with Gasteiger partial charge in [-0.2, -0.15) is 0 Å². The Morgan fingerprint density at radius 3 is 2.54 bits per heavy atom. The molecule has 1 N–H and O–H groups in total.